The van der Waals surface area contributed by atoms with Crippen molar-refractivity contribution >= 4 is 48.8 Å². The summed E-state index contributed by atoms with van der Waals surface area (Å²) >= 11 is 8.78. The van der Waals surface area contributed by atoms with Crippen LogP contribution in [0.2, 0.25) is 0 Å². The summed E-state index contributed by atoms with van der Waals surface area (Å²) in [6, 6.07) is 8.26. The standard InChI is InChI=1S/C16H19BrOS3/c17-10-4-2-1-3-5-11-18-14-8-6-13(7-9-14)15-12-20-21-16(15)19/h6-9,12H,1-5,10-11H2. The van der Waals surface area contributed by atoms with E-state index in [4.69, 9.17) is 17.0 Å². The second-order valence-electron chi connectivity index (χ2n) is 4.83. The lowest BCUT2D eigenvalue weighted by Crippen LogP contribution is -1.97. The van der Waals surface area contributed by atoms with E-state index in [1.54, 1.807) is 20.7 Å². The van der Waals surface area contributed by atoms with Crippen LogP contribution in [0.25, 0.3) is 11.1 Å². The fraction of sp³-hybridized carbons (Fsp3) is 0.438. The minimum Gasteiger partial charge on any atom is -0.494 e. The van der Waals surface area contributed by atoms with E-state index in [9.17, 15) is 0 Å². The van der Waals surface area contributed by atoms with Gasteiger partial charge in [0.25, 0.3) is 0 Å². The molecule has 0 aliphatic carbocycles. The maximum absolute atomic E-state index is 5.79. The molecule has 1 nitrogen and oxygen atoms in total. The molecule has 0 fully saturated rings. The van der Waals surface area contributed by atoms with E-state index < -0.39 is 0 Å². The SMILES string of the molecule is S=c1sscc1-c1ccc(OCCCCCCCBr)cc1. The van der Waals surface area contributed by atoms with Crippen molar-refractivity contribution in [3.63, 3.8) is 0 Å². The van der Waals surface area contributed by atoms with Crippen LogP contribution >= 0.6 is 48.8 Å². The second kappa shape index (κ2) is 9.72. The van der Waals surface area contributed by atoms with Gasteiger partial charge in [-0.1, -0.05) is 80.2 Å². The van der Waals surface area contributed by atoms with Gasteiger partial charge in [-0.25, -0.2) is 0 Å². The monoisotopic (exact) mass is 402 g/mol. The van der Waals surface area contributed by atoms with Crippen LogP contribution in [-0.2, 0) is 0 Å². The number of unbranched alkanes of at least 4 members (excludes halogenated alkanes) is 4. The first kappa shape index (κ1) is 17.1. The Bertz CT molecular complexity index is 574. The minimum atomic E-state index is 0.806. The molecule has 0 saturated heterocycles. The van der Waals surface area contributed by atoms with Crippen molar-refractivity contribution in [1.29, 1.82) is 0 Å². The number of benzene rings is 1. The zero-order valence-corrected chi connectivity index (χ0v) is 15.9. The first-order chi connectivity index (χ1) is 10.3. The Morgan fingerprint density at radius 3 is 2.38 bits per heavy atom. The average molecular weight is 403 g/mol. The number of ether oxygens (including phenoxy) is 1. The predicted molar refractivity (Wildman–Crippen MR) is 101 cm³/mol. The molecule has 0 saturated carbocycles. The Hall–Kier alpha value is -0.230. The Kier molecular flexibility index (Phi) is 7.93. The maximum atomic E-state index is 5.79. The van der Waals surface area contributed by atoms with Gasteiger partial charge in [-0.05, 0) is 30.5 Å². The molecular weight excluding hydrogens is 384 g/mol. The van der Waals surface area contributed by atoms with Crippen molar-refractivity contribution in [3.8, 4) is 16.9 Å². The zero-order chi connectivity index (χ0) is 14.9. The summed E-state index contributed by atoms with van der Waals surface area (Å²) in [6.45, 7) is 0.806. The number of alkyl halides is 1. The van der Waals surface area contributed by atoms with E-state index in [1.165, 1.54) is 36.8 Å². The van der Waals surface area contributed by atoms with Crippen LogP contribution in [0.4, 0.5) is 0 Å². The lowest BCUT2D eigenvalue weighted by molar-refractivity contribution is 0.304. The van der Waals surface area contributed by atoms with E-state index >= 15 is 0 Å². The van der Waals surface area contributed by atoms with Gasteiger partial charge in [0, 0.05) is 16.3 Å². The Balaban J connectivity index is 1.73. The number of hydrogen-bond donors (Lipinski definition) is 0. The molecule has 0 bridgehead atoms. The molecule has 1 aromatic heterocycles. The molecule has 2 aromatic rings. The van der Waals surface area contributed by atoms with Gasteiger partial charge in [-0.2, -0.15) is 0 Å². The van der Waals surface area contributed by atoms with Gasteiger partial charge in [0.1, 0.15) is 9.57 Å². The molecule has 0 amide bonds. The first-order valence-corrected chi connectivity index (χ1v) is 10.9. The van der Waals surface area contributed by atoms with Crippen molar-refractivity contribution < 1.29 is 4.74 Å². The zero-order valence-electron chi connectivity index (χ0n) is 11.8. The van der Waals surface area contributed by atoms with Gasteiger partial charge in [0.15, 0.2) is 0 Å². The lowest BCUT2D eigenvalue weighted by atomic mass is 10.1. The van der Waals surface area contributed by atoms with Crippen LogP contribution in [0.3, 0.4) is 0 Å². The molecular formula is C16H19BrOS3. The van der Waals surface area contributed by atoms with E-state index in [2.05, 4.69) is 33.4 Å². The van der Waals surface area contributed by atoms with Crippen molar-refractivity contribution in [3.05, 3.63) is 33.5 Å². The molecule has 0 N–H and O–H groups in total. The highest BCUT2D eigenvalue weighted by Crippen LogP contribution is 2.29. The summed E-state index contributed by atoms with van der Waals surface area (Å²) in [7, 11) is 3.34. The molecule has 2 rings (SSSR count). The van der Waals surface area contributed by atoms with Gasteiger partial charge in [-0.15, -0.1) is 0 Å². The molecule has 0 unspecified atom stereocenters. The summed E-state index contributed by atoms with van der Waals surface area (Å²) in [5.41, 5.74) is 2.35. The van der Waals surface area contributed by atoms with Crippen LogP contribution in [0, 0.1) is 3.82 Å². The van der Waals surface area contributed by atoms with E-state index in [0.29, 0.717) is 0 Å². The first-order valence-electron chi connectivity index (χ1n) is 7.18. The Morgan fingerprint density at radius 1 is 1.00 bits per heavy atom. The summed E-state index contributed by atoms with van der Waals surface area (Å²) in [5.74, 6) is 0.948. The number of halogens is 1. The molecule has 1 aromatic carbocycles. The summed E-state index contributed by atoms with van der Waals surface area (Å²) in [6.07, 6.45) is 6.27. The largest absolute Gasteiger partial charge is 0.494 e. The van der Waals surface area contributed by atoms with Crippen LogP contribution < -0.4 is 4.74 Å². The molecule has 1 heterocycles. The van der Waals surface area contributed by atoms with Gasteiger partial charge < -0.3 is 4.74 Å². The van der Waals surface area contributed by atoms with Crippen LogP contribution in [0.5, 0.6) is 5.75 Å². The van der Waals surface area contributed by atoms with Crippen LogP contribution in [0.15, 0.2) is 29.6 Å². The third-order valence-electron chi connectivity index (χ3n) is 3.22. The lowest BCUT2D eigenvalue weighted by Gasteiger charge is -2.07. The number of hydrogen-bond acceptors (Lipinski definition) is 4. The highest BCUT2D eigenvalue weighted by molar-refractivity contribution is 9.09. The van der Waals surface area contributed by atoms with E-state index in [1.807, 2.05) is 12.1 Å². The van der Waals surface area contributed by atoms with Crippen molar-refractivity contribution in [1.82, 2.24) is 0 Å². The van der Waals surface area contributed by atoms with Crippen molar-refractivity contribution in [2.24, 2.45) is 0 Å². The van der Waals surface area contributed by atoms with Gasteiger partial charge in [0.2, 0.25) is 0 Å². The van der Waals surface area contributed by atoms with Gasteiger partial charge in [-0.3, -0.25) is 0 Å². The highest BCUT2D eigenvalue weighted by Gasteiger charge is 2.02. The average Bonchev–Trinajstić information content (AvgIpc) is 2.93. The predicted octanol–water partition coefficient (Wildman–Crippen LogP) is 6.93. The topological polar surface area (TPSA) is 9.23 Å². The molecule has 0 atom stereocenters. The molecule has 114 valence electrons. The normalized spacial score (nSPS) is 10.7. The minimum absolute atomic E-state index is 0.806. The van der Waals surface area contributed by atoms with E-state index in [0.717, 1.165) is 27.9 Å². The molecule has 21 heavy (non-hydrogen) atoms. The molecule has 0 radical (unpaired) electrons. The third kappa shape index (κ3) is 5.81. The maximum Gasteiger partial charge on any atom is 0.119 e. The van der Waals surface area contributed by atoms with Gasteiger partial charge >= 0.3 is 0 Å². The van der Waals surface area contributed by atoms with Crippen molar-refractivity contribution in [2.75, 3.05) is 11.9 Å². The summed E-state index contributed by atoms with van der Waals surface area (Å²) in [5, 5.41) is 3.24. The fourth-order valence-corrected chi connectivity index (χ4v) is 4.84. The summed E-state index contributed by atoms with van der Waals surface area (Å²) < 4.78 is 6.75. The molecule has 0 spiro atoms. The fourth-order valence-electron chi connectivity index (χ4n) is 2.04. The Morgan fingerprint density at radius 2 is 1.71 bits per heavy atom. The van der Waals surface area contributed by atoms with Crippen molar-refractivity contribution in [2.45, 2.75) is 32.1 Å². The third-order valence-corrected chi connectivity index (χ3v) is 6.45. The highest BCUT2D eigenvalue weighted by atomic mass is 79.9. The van der Waals surface area contributed by atoms with Crippen LogP contribution in [0.1, 0.15) is 32.1 Å². The summed E-state index contributed by atoms with van der Waals surface area (Å²) in [4.78, 5) is 0. The van der Waals surface area contributed by atoms with Gasteiger partial charge in [0.05, 0.1) is 6.61 Å². The van der Waals surface area contributed by atoms with Crippen LogP contribution in [-0.4, -0.2) is 11.9 Å². The molecule has 5 heteroatoms. The Labute approximate surface area is 147 Å². The molecule has 0 aliphatic rings. The quantitative estimate of drug-likeness (QED) is 0.194. The number of rotatable bonds is 9. The second-order valence-corrected chi connectivity index (χ2v) is 8.37. The van der Waals surface area contributed by atoms with E-state index in [-0.39, 0.29) is 0 Å². The molecule has 0 aliphatic heterocycles. The smallest absolute Gasteiger partial charge is 0.119 e.